The van der Waals surface area contributed by atoms with Crippen LogP contribution in [0.5, 0.6) is 0 Å². The predicted molar refractivity (Wildman–Crippen MR) is 68.5 cm³/mol. The molecule has 0 amide bonds. The molecular weight excluding hydrogens is 240 g/mol. The van der Waals surface area contributed by atoms with Crippen molar-refractivity contribution in [2.24, 2.45) is 0 Å². The highest BCUT2D eigenvalue weighted by molar-refractivity contribution is 8.54. The van der Waals surface area contributed by atoms with Crippen LogP contribution in [0, 0.1) is 0 Å². The lowest BCUT2D eigenvalue weighted by atomic mass is 10.1. The molecule has 13 heavy (non-hydrogen) atoms. The summed E-state index contributed by atoms with van der Waals surface area (Å²) < 4.78 is 9.67. The van der Waals surface area contributed by atoms with Crippen molar-refractivity contribution in [1.82, 2.24) is 0 Å². The second-order valence-corrected chi connectivity index (χ2v) is 8.97. The van der Waals surface area contributed by atoms with Gasteiger partial charge in [-0.1, -0.05) is 19.1 Å². The fourth-order valence-electron chi connectivity index (χ4n) is 1.28. The summed E-state index contributed by atoms with van der Waals surface area (Å²) in [5.74, 6) is 0.914. The third kappa shape index (κ3) is 3.32. The van der Waals surface area contributed by atoms with E-state index in [9.17, 15) is 4.55 Å². The van der Waals surface area contributed by atoms with Crippen molar-refractivity contribution in [3.63, 3.8) is 0 Å². The summed E-state index contributed by atoms with van der Waals surface area (Å²) in [4.78, 5) is 0. The zero-order valence-corrected chi connectivity index (χ0v) is 10.6. The van der Waals surface area contributed by atoms with E-state index in [-0.39, 0.29) is 5.25 Å². The SMILES string of the molecule is CCC(C1=CC=CSC1)S(O)(=S)=S. The topological polar surface area (TPSA) is 20.2 Å². The number of hydrogen-bond acceptors (Lipinski definition) is 3. The highest BCUT2D eigenvalue weighted by atomic mass is 33.1. The Morgan fingerprint density at radius 2 is 2.38 bits per heavy atom. The van der Waals surface area contributed by atoms with E-state index in [2.05, 4.69) is 0 Å². The molecule has 5 heteroatoms. The monoisotopic (exact) mass is 252 g/mol. The van der Waals surface area contributed by atoms with Gasteiger partial charge in [0.05, 0.1) is 5.25 Å². The summed E-state index contributed by atoms with van der Waals surface area (Å²) in [6.45, 7) is 2.02. The molecule has 0 aliphatic carbocycles. The first-order chi connectivity index (χ1) is 6.05. The molecular formula is C8H12OS4. The Morgan fingerprint density at radius 1 is 1.69 bits per heavy atom. The molecule has 1 aliphatic rings. The lowest BCUT2D eigenvalue weighted by molar-refractivity contribution is 0.640. The summed E-state index contributed by atoms with van der Waals surface area (Å²) in [6, 6.07) is 0. The van der Waals surface area contributed by atoms with Crippen LogP contribution in [-0.2, 0) is 29.8 Å². The first-order valence-electron chi connectivity index (χ1n) is 3.99. The van der Waals surface area contributed by atoms with Crippen molar-refractivity contribution in [3.05, 3.63) is 23.1 Å². The van der Waals surface area contributed by atoms with Crippen molar-refractivity contribution < 1.29 is 4.55 Å². The fourth-order valence-corrected chi connectivity index (χ4v) is 4.68. The second-order valence-electron chi connectivity index (χ2n) is 2.79. The summed E-state index contributed by atoms with van der Waals surface area (Å²) in [5, 5.41) is 2.05. The standard InChI is InChI=1S/C8H12OS4/c1-2-8(13(9,10)11)7-4-3-5-12-6-7/h3-5,8H,2,6H2,1H3,(H,9,10,11). The van der Waals surface area contributed by atoms with Gasteiger partial charge < -0.3 is 4.55 Å². The first kappa shape index (κ1) is 11.7. The van der Waals surface area contributed by atoms with Crippen LogP contribution in [0.2, 0.25) is 0 Å². The maximum atomic E-state index is 9.67. The zero-order chi connectivity index (χ0) is 9.90. The molecule has 0 aromatic heterocycles. The molecule has 1 unspecified atom stereocenters. The molecule has 1 N–H and O–H groups in total. The van der Waals surface area contributed by atoms with E-state index < -0.39 is 7.43 Å². The third-order valence-corrected chi connectivity index (χ3v) is 5.48. The van der Waals surface area contributed by atoms with Crippen LogP contribution in [0.15, 0.2) is 23.1 Å². The van der Waals surface area contributed by atoms with Crippen LogP contribution in [0.4, 0.5) is 0 Å². The Bertz CT molecular complexity index is 326. The van der Waals surface area contributed by atoms with Crippen LogP contribution in [0.3, 0.4) is 0 Å². The molecule has 0 spiro atoms. The molecule has 74 valence electrons. The van der Waals surface area contributed by atoms with E-state index in [4.69, 9.17) is 22.4 Å². The van der Waals surface area contributed by atoms with Crippen molar-refractivity contribution in [2.75, 3.05) is 5.75 Å². The molecule has 0 saturated carbocycles. The minimum atomic E-state index is -2.26. The van der Waals surface area contributed by atoms with E-state index in [1.807, 2.05) is 24.5 Å². The Morgan fingerprint density at radius 3 is 2.77 bits per heavy atom. The van der Waals surface area contributed by atoms with E-state index >= 15 is 0 Å². The summed E-state index contributed by atoms with van der Waals surface area (Å²) in [6.07, 6.45) is 4.85. The van der Waals surface area contributed by atoms with Gasteiger partial charge in [-0.3, -0.25) is 0 Å². The van der Waals surface area contributed by atoms with Crippen LogP contribution < -0.4 is 0 Å². The second kappa shape index (κ2) is 4.89. The van der Waals surface area contributed by atoms with Crippen LogP contribution in [0.1, 0.15) is 13.3 Å². The first-order valence-corrected chi connectivity index (χ1v) is 8.54. The molecule has 1 rings (SSSR count). The van der Waals surface area contributed by atoms with E-state index in [0.29, 0.717) is 0 Å². The highest BCUT2D eigenvalue weighted by Gasteiger charge is 2.19. The number of allylic oxidation sites excluding steroid dienone is 2. The molecule has 0 bridgehead atoms. The van der Waals surface area contributed by atoms with Gasteiger partial charge in [-0.05, 0) is 39.8 Å². The molecule has 1 atom stereocenters. The lowest BCUT2D eigenvalue weighted by Crippen LogP contribution is -2.21. The maximum Gasteiger partial charge on any atom is 0.0578 e. The van der Waals surface area contributed by atoms with Crippen LogP contribution >= 0.6 is 11.8 Å². The Kier molecular flexibility index (Phi) is 4.38. The molecule has 0 saturated heterocycles. The van der Waals surface area contributed by atoms with Gasteiger partial charge in [-0.15, -0.1) is 11.8 Å². The van der Waals surface area contributed by atoms with E-state index in [1.54, 1.807) is 11.8 Å². The van der Waals surface area contributed by atoms with Crippen molar-refractivity contribution in [3.8, 4) is 0 Å². The fraction of sp³-hybridized carbons (Fsp3) is 0.500. The maximum absolute atomic E-state index is 9.67. The minimum absolute atomic E-state index is 0.00921. The minimum Gasteiger partial charge on any atom is -0.325 e. The molecule has 0 radical (unpaired) electrons. The average Bonchev–Trinajstić information content (AvgIpc) is 2.05. The smallest absolute Gasteiger partial charge is 0.0578 e. The summed E-state index contributed by atoms with van der Waals surface area (Å²) >= 11 is 11.7. The Balaban J connectivity index is 2.90. The predicted octanol–water partition coefficient (Wildman–Crippen LogP) is 2.50. The lowest BCUT2D eigenvalue weighted by Gasteiger charge is -2.20. The molecule has 1 aliphatic heterocycles. The zero-order valence-electron chi connectivity index (χ0n) is 7.30. The average molecular weight is 252 g/mol. The van der Waals surface area contributed by atoms with Gasteiger partial charge in [-0.2, -0.15) is 0 Å². The van der Waals surface area contributed by atoms with Gasteiger partial charge in [0.2, 0.25) is 0 Å². The third-order valence-electron chi connectivity index (χ3n) is 1.88. The van der Waals surface area contributed by atoms with Gasteiger partial charge >= 0.3 is 0 Å². The Labute approximate surface area is 93.3 Å². The number of rotatable bonds is 3. The molecule has 0 aromatic carbocycles. The van der Waals surface area contributed by atoms with Gasteiger partial charge in [-0.25, -0.2) is 0 Å². The quantitative estimate of drug-likeness (QED) is 0.832. The summed E-state index contributed by atoms with van der Waals surface area (Å²) in [5.41, 5.74) is 1.19. The van der Waals surface area contributed by atoms with Crippen molar-refractivity contribution >= 4 is 41.6 Å². The molecule has 1 nitrogen and oxygen atoms in total. The summed E-state index contributed by atoms with van der Waals surface area (Å²) in [7, 11) is -2.26. The largest absolute Gasteiger partial charge is 0.325 e. The molecule has 0 fully saturated rings. The number of thioether (sulfide) groups is 1. The van der Waals surface area contributed by atoms with E-state index in [0.717, 1.165) is 12.2 Å². The van der Waals surface area contributed by atoms with Gasteiger partial charge in [0.15, 0.2) is 0 Å². The van der Waals surface area contributed by atoms with Gasteiger partial charge in [0, 0.05) is 13.2 Å². The van der Waals surface area contributed by atoms with Crippen LogP contribution in [-0.4, -0.2) is 15.6 Å². The van der Waals surface area contributed by atoms with Gasteiger partial charge in [0.1, 0.15) is 0 Å². The normalized spacial score (nSPS) is 19.7. The molecule has 0 aromatic rings. The van der Waals surface area contributed by atoms with E-state index in [1.165, 1.54) is 5.57 Å². The van der Waals surface area contributed by atoms with Crippen molar-refractivity contribution in [2.45, 2.75) is 18.6 Å². The molecule has 1 heterocycles. The van der Waals surface area contributed by atoms with Crippen molar-refractivity contribution in [1.29, 1.82) is 0 Å². The number of hydrogen-bond donors (Lipinski definition) is 1. The van der Waals surface area contributed by atoms with Gasteiger partial charge in [0.25, 0.3) is 0 Å². The van der Waals surface area contributed by atoms with Crippen LogP contribution in [0.25, 0.3) is 0 Å². The Hall–Kier alpha value is 0.580. The highest BCUT2D eigenvalue weighted by Crippen LogP contribution is 2.24.